The summed E-state index contributed by atoms with van der Waals surface area (Å²) in [5.74, 6) is -0.196. The summed E-state index contributed by atoms with van der Waals surface area (Å²) in [6, 6.07) is 11.7. The summed E-state index contributed by atoms with van der Waals surface area (Å²) in [6.07, 6.45) is 3.46. The Morgan fingerprint density at radius 2 is 1.92 bits per heavy atom. The molecule has 5 heteroatoms. The molecular weight excluding hydrogens is 318 g/mol. The molecule has 0 aliphatic rings. The van der Waals surface area contributed by atoms with Crippen molar-refractivity contribution in [3.8, 4) is 10.6 Å². The molecule has 0 saturated heterocycles. The van der Waals surface area contributed by atoms with Gasteiger partial charge in [0.25, 0.3) is 5.91 Å². The predicted octanol–water partition coefficient (Wildman–Crippen LogP) is 4.75. The van der Waals surface area contributed by atoms with E-state index in [0.717, 1.165) is 21.8 Å². The standard InChI is InChI=1S/C19H19N3OS/c1-19(2,3)14-8-4-5-9-15(14)21-17(23)16-12-24-18(22-16)13-7-6-10-20-11-13/h4-12H,1-3H3,(H,21,23). The van der Waals surface area contributed by atoms with Gasteiger partial charge in [-0.1, -0.05) is 39.0 Å². The fourth-order valence-corrected chi connectivity index (χ4v) is 3.22. The van der Waals surface area contributed by atoms with Gasteiger partial charge in [0, 0.05) is 29.0 Å². The Morgan fingerprint density at radius 3 is 2.62 bits per heavy atom. The fourth-order valence-electron chi connectivity index (χ4n) is 2.43. The molecule has 4 nitrogen and oxygen atoms in total. The van der Waals surface area contributed by atoms with Crippen LogP contribution in [0.1, 0.15) is 36.8 Å². The van der Waals surface area contributed by atoms with E-state index in [1.54, 1.807) is 17.8 Å². The molecule has 0 spiro atoms. The van der Waals surface area contributed by atoms with Crippen LogP contribution >= 0.6 is 11.3 Å². The number of pyridine rings is 1. The molecular formula is C19H19N3OS. The van der Waals surface area contributed by atoms with E-state index in [4.69, 9.17) is 0 Å². The molecule has 2 heterocycles. The molecule has 0 unspecified atom stereocenters. The van der Waals surface area contributed by atoms with E-state index in [-0.39, 0.29) is 11.3 Å². The van der Waals surface area contributed by atoms with Crippen LogP contribution in [0.3, 0.4) is 0 Å². The predicted molar refractivity (Wildman–Crippen MR) is 98.4 cm³/mol. The number of benzene rings is 1. The largest absolute Gasteiger partial charge is 0.320 e. The first-order chi connectivity index (χ1) is 11.4. The number of carbonyl (C=O) groups is 1. The average molecular weight is 337 g/mol. The molecule has 0 fully saturated rings. The van der Waals surface area contributed by atoms with E-state index in [0.29, 0.717) is 5.69 Å². The van der Waals surface area contributed by atoms with E-state index < -0.39 is 0 Å². The van der Waals surface area contributed by atoms with E-state index in [1.165, 1.54) is 11.3 Å². The van der Waals surface area contributed by atoms with E-state index in [9.17, 15) is 4.79 Å². The van der Waals surface area contributed by atoms with Crippen LogP contribution in [0.15, 0.2) is 54.2 Å². The quantitative estimate of drug-likeness (QED) is 0.750. The number of anilines is 1. The molecule has 122 valence electrons. The van der Waals surface area contributed by atoms with E-state index in [2.05, 4.69) is 36.1 Å². The maximum atomic E-state index is 12.6. The minimum atomic E-state index is -0.196. The molecule has 0 bridgehead atoms. The topological polar surface area (TPSA) is 54.9 Å². The molecule has 0 radical (unpaired) electrons. The van der Waals surface area contributed by atoms with Crippen LogP contribution in [0.25, 0.3) is 10.6 Å². The highest BCUT2D eigenvalue weighted by molar-refractivity contribution is 7.13. The van der Waals surface area contributed by atoms with Crippen molar-refractivity contribution >= 4 is 22.9 Å². The second-order valence-corrected chi connectivity index (χ2v) is 7.39. The lowest BCUT2D eigenvalue weighted by atomic mass is 9.86. The average Bonchev–Trinajstić information content (AvgIpc) is 3.05. The highest BCUT2D eigenvalue weighted by Gasteiger charge is 2.20. The van der Waals surface area contributed by atoms with Crippen molar-refractivity contribution < 1.29 is 4.79 Å². The van der Waals surface area contributed by atoms with E-state index in [1.807, 2.05) is 36.4 Å². The Bertz CT molecular complexity index is 850. The van der Waals surface area contributed by atoms with Gasteiger partial charge in [-0.25, -0.2) is 4.98 Å². The highest BCUT2D eigenvalue weighted by Crippen LogP contribution is 2.30. The van der Waals surface area contributed by atoms with Crippen molar-refractivity contribution in [2.24, 2.45) is 0 Å². The summed E-state index contributed by atoms with van der Waals surface area (Å²) < 4.78 is 0. The lowest BCUT2D eigenvalue weighted by molar-refractivity contribution is 0.102. The summed E-state index contributed by atoms with van der Waals surface area (Å²) >= 11 is 1.44. The molecule has 1 amide bonds. The number of amides is 1. The second kappa shape index (κ2) is 6.53. The van der Waals surface area contributed by atoms with Crippen LogP contribution in [0.2, 0.25) is 0 Å². The molecule has 0 saturated carbocycles. The first-order valence-corrected chi connectivity index (χ1v) is 8.60. The third-order valence-corrected chi connectivity index (χ3v) is 4.52. The zero-order valence-electron chi connectivity index (χ0n) is 13.9. The van der Waals surface area contributed by atoms with Crippen LogP contribution in [-0.4, -0.2) is 15.9 Å². The van der Waals surface area contributed by atoms with Crippen molar-refractivity contribution in [1.29, 1.82) is 0 Å². The summed E-state index contributed by atoms with van der Waals surface area (Å²) in [6.45, 7) is 6.38. The van der Waals surface area contributed by atoms with Gasteiger partial charge in [0.1, 0.15) is 10.7 Å². The minimum Gasteiger partial charge on any atom is -0.320 e. The first kappa shape index (κ1) is 16.3. The van der Waals surface area contributed by atoms with Gasteiger partial charge in [-0.3, -0.25) is 9.78 Å². The number of nitrogens with zero attached hydrogens (tertiary/aromatic N) is 2. The Hall–Kier alpha value is -2.53. The molecule has 0 aliphatic carbocycles. The van der Waals surface area contributed by atoms with Crippen molar-refractivity contribution in [3.05, 3.63) is 65.4 Å². The SMILES string of the molecule is CC(C)(C)c1ccccc1NC(=O)c1csc(-c2cccnc2)n1. The molecule has 1 aromatic carbocycles. The summed E-state index contributed by atoms with van der Waals surface area (Å²) in [7, 11) is 0. The third kappa shape index (κ3) is 3.51. The van der Waals surface area contributed by atoms with Crippen LogP contribution in [0, 0.1) is 0 Å². The van der Waals surface area contributed by atoms with Gasteiger partial charge in [-0.15, -0.1) is 11.3 Å². The molecule has 0 atom stereocenters. The Labute approximate surface area is 145 Å². The van der Waals surface area contributed by atoms with Gasteiger partial charge in [0.2, 0.25) is 0 Å². The monoisotopic (exact) mass is 337 g/mol. The molecule has 0 aliphatic heterocycles. The van der Waals surface area contributed by atoms with Gasteiger partial charge in [-0.2, -0.15) is 0 Å². The maximum absolute atomic E-state index is 12.6. The maximum Gasteiger partial charge on any atom is 0.275 e. The zero-order chi connectivity index (χ0) is 17.2. The molecule has 24 heavy (non-hydrogen) atoms. The number of nitrogens with one attached hydrogen (secondary N) is 1. The van der Waals surface area contributed by atoms with Gasteiger partial charge in [0.05, 0.1) is 0 Å². The lowest BCUT2D eigenvalue weighted by Crippen LogP contribution is -2.18. The van der Waals surface area contributed by atoms with Crippen molar-refractivity contribution in [2.45, 2.75) is 26.2 Å². The third-order valence-electron chi connectivity index (χ3n) is 3.63. The number of aromatic nitrogens is 2. The van der Waals surface area contributed by atoms with Gasteiger partial charge < -0.3 is 5.32 Å². The first-order valence-electron chi connectivity index (χ1n) is 7.72. The summed E-state index contributed by atoms with van der Waals surface area (Å²) in [4.78, 5) is 21.1. The lowest BCUT2D eigenvalue weighted by Gasteiger charge is -2.22. The van der Waals surface area contributed by atoms with Crippen molar-refractivity contribution in [3.63, 3.8) is 0 Å². The Balaban J connectivity index is 1.83. The Kier molecular flexibility index (Phi) is 4.44. The van der Waals surface area contributed by atoms with E-state index >= 15 is 0 Å². The number of thiazole rings is 1. The van der Waals surface area contributed by atoms with Crippen LogP contribution in [-0.2, 0) is 5.41 Å². The molecule has 1 N–H and O–H groups in total. The number of para-hydroxylation sites is 1. The highest BCUT2D eigenvalue weighted by atomic mass is 32.1. The second-order valence-electron chi connectivity index (χ2n) is 6.53. The van der Waals surface area contributed by atoms with Gasteiger partial charge in [-0.05, 0) is 29.2 Å². The Morgan fingerprint density at radius 1 is 1.12 bits per heavy atom. The molecule has 2 aromatic heterocycles. The summed E-state index contributed by atoms with van der Waals surface area (Å²) in [5, 5.41) is 5.55. The smallest absolute Gasteiger partial charge is 0.275 e. The van der Waals surface area contributed by atoms with Crippen LogP contribution in [0.4, 0.5) is 5.69 Å². The van der Waals surface area contributed by atoms with Gasteiger partial charge >= 0.3 is 0 Å². The van der Waals surface area contributed by atoms with Crippen LogP contribution < -0.4 is 5.32 Å². The van der Waals surface area contributed by atoms with Crippen LogP contribution in [0.5, 0.6) is 0 Å². The van der Waals surface area contributed by atoms with Crippen molar-refractivity contribution in [2.75, 3.05) is 5.32 Å². The fraction of sp³-hybridized carbons (Fsp3) is 0.211. The summed E-state index contributed by atoms with van der Waals surface area (Å²) in [5.41, 5.74) is 3.21. The molecule has 3 aromatic rings. The molecule has 3 rings (SSSR count). The number of hydrogen-bond acceptors (Lipinski definition) is 4. The minimum absolute atomic E-state index is 0.0488. The number of hydrogen-bond donors (Lipinski definition) is 1. The van der Waals surface area contributed by atoms with Crippen molar-refractivity contribution in [1.82, 2.24) is 9.97 Å². The van der Waals surface area contributed by atoms with Gasteiger partial charge in [0.15, 0.2) is 0 Å². The number of rotatable bonds is 3. The zero-order valence-corrected chi connectivity index (χ0v) is 14.7. The number of carbonyl (C=O) groups excluding carboxylic acids is 1. The normalized spacial score (nSPS) is 11.3.